The fourth-order valence-electron chi connectivity index (χ4n) is 2.60. The molecule has 0 aliphatic carbocycles. The second kappa shape index (κ2) is 6.22. The van der Waals surface area contributed by atoms with Gasteiger partial charge in [-0.15, -0.1) is 0 Å². The highest BCUT2D eigenvalue weighted by atomic mass is 35.5. The number of carbonyl (C=O) groups excluding carboxylic acids is 2. The van der Waals surface area contributed by atoms with E-state index < -0.39 is 5.91 Å². The highest BCUT2D eigenvalue weighted by Crippen LogP contribution is 2.36. The van der Waals surface area contributed by atoms with Crippen LogP contribution >= 0.6 is 11.6 Å². The molecule has 0 saturated heterocycles. The van der Waals surface area contributed by atoms with Gasteiger partial charge in [-0.1, -0.05) is 24.2 Å². The van der Waals surface area contributed by atoms with Crippen LogP contribution in [-0.4, -0.2) is 16.8 Å². The average Bonchev–Trinajstić information content (AvgIpc) is 3.05. The molecule has 0 spiro atoms. The lowest BCUT2D eigenvalue weighted by atomic mass is 9.98. The van der Waals surface area contributed by atoms with Gasteiger partial charge in [0.25, 0.3) is 5.91 Å². The third kappa shape index (κ3) is 2.77. The van der Waals surface area contributed by atoms with Crippen molar-refractivity contribution < 1.29 is 9.59 Å². The van der Waals surface area contributed by atoms with E-state index in [4.69, 9.17) is 17.3 Å². The van der Waals surface area contributed by atoms with E-state index in [1.54, 1.807) is 36.5 Å². The van der Waals surface area contributed by atoms with E-state index in [0.29, 0.717) is 21.8 Å². The van der Waals surface area contributed by atoms with Crippen LogP contribution in [0.3, 0.4) is 0 Å². The summed E-state index contributed by atoms with van der Waals surface area (Å²) in [5, 5.41) is 4.05. The SMILES string of the molecule is C=CC(=O)Nc1ccc(Cl)c(-c2ccc(C(N)=O)c3[nH]ccc23)c1. The molecular formula is C18H14ClN3O2. The monoisotopic (exact) mass is 339 g/mol. The van der Waals surface area contributed by atoms with Crippen LogP contribution in [0.25, 0.3) is 22.0 Å². The normalized spacial score (nSPS) is 10.5. The number of hydrogen-bond acceptors (Lipinski definition) is 2. The summed E-state index contributed by atoms with van der Waals surface area (Å²) in [4.78, 5) is 26.1. The third-order valence-corrected chi connectivity index (χ3v) is 4.03. The van der Waals surface area contributed by atoms with Gasteiger partial charge in [0, 0.05) is 27.9 Å². The molecule has 2 aromatic carbocycles. The number of halogens is 1. The van der Waals surface area contributed by atoms with Gasteiger partial charge >= 0.3 is 0 Å². The van der Waals surface area contributed by atoms with E-state index in [1.807, 2.05) is 6.07 Å². The molecule has 1 aromatic heterocycles. The molecule has 4 N–H and O–H groups in total. The summed E-state index contributed by atoms with van der Waals surface area (Å²) in [5.74, 6) is -0.814. The number of rotatable bonds is 4. The molecule has 0 fully saturated rings. The fourth-order valence-corrected chi connectivity index (χ4v) is 2.82. The molecular weight excluding hydrogens is 326 g/mol. The lowest BCUT2D eigenvalue weighted by Crippen LogP contribution is -2.11. The Kier molecular flexibility index (Phi) is 4.10. The zero-order valence-electron chi connectivity index (χ0n) is 12.6. The van der Waals surface area contributed by atoms with Crippen LogP contribution in [0, 0.1) is 0 Å². The Labute approximate surface area is 143 Å². The van der Waals surface area contributed by atoms with Crippen LogP contribution < -0.4 is 11.1 Å². The maximum absolute atomic E-state index is 11.6. The Morgan fingerprint density at radius 3 is 2.67 bits per heavy atom. The average molecular weight is 340 g/mol. The second-order valence-electron chi connectivity index (χ2n) is 5.18. The lowest BCUT2D eigenvalue weighted by Gasteiger charge is -2.11. The Morgan fingerprint density at radius 2 is 1.96 bits per heavy atom. The van der Waals surface area contributed by atoms with Crippen molar-refractivity contribution >= 4 is 40.0 Å². The number of benzene rings is 2. The predicted octanol–water partition coefficient (Wildman–Crippen LogP) is 3.71. The van der Waals surface area contributed by atoms with Gasteiger partial charge in [-0.2, -0.15) is 0 Å². The molecule has 1 heterocycles. The minimum atomic E-state index is -0.507. The van der Waals surface area contributed by atoms with Crippen LogP contribution in [0.4, 0.5) is 5.69 Å². The molecule has 5 nitrogen and oxygen atoms in total. The molecule has 0 atom stereocenters. The van der Waals surface area contributed by atoms with Gasteiger partial charge in [-0.3, -0.25) is 9.59 Å². The van der Waals surface area contributed by atoms with Crippen molar-refractivity contribution in [3.63, 3.8) is 0 Å². The number of primary amides is 1. The number of aromatic nitrogens is 1. The van der Waals surface area contributed by atoms with Gasteiger partial charge in [-0.25, -0.2) is 0 Å². The van der Waals surface area contributed by atoms with E-state index in [2.05, 4.69) is 16.9 Å². The van der Waals surface area contributed by atoms with E-state index in [9.17, 15) is 9.59 Å². The minimum absolute atomic E-state index is 0.306. The number of nitrogens with two attached hydrogens (primary N) is 1. The Balaban J connectivity index is 2.17. The highest BCUT2D eigenvalue weighted by molar-refractivity contribution is 6.34. The third-order valence-electron chi connectivity index (χ3n) is 3.70. The fraction of sp³-hybridized carbons (Fsp3) is 0. The van der Waals surface area contributed by atoms with E-state index in [0.717, 1.165) is 16.5 Å². The molecule has 3 rings (SSSR count). The standard InChI is InChI=1S/C18H14ClN3O2/c1-2-16(23)22-10-3-6-15(19)14(9-10)11-4-5-13(18(20)24)17-12(11)7-8-21-17/h2-9,21H,1H2,(H2,20,24)(H,22,23). The van der Waals surface area contributed by atoms with Gasteiger partial charge in [0.05, 0.1) is 11.1 Å². The Bertz CT molecular complexity index is 976. The van der Waals surface area contributed by atoms with Crippen LogP contribution in [0.2, 0.25) is 5.02 Å². The summed E-state index contributed by atoms with van der Waals surface area (Å²) in [7, 11) is 0. The van der Waals surface area contributed by atoms with Gasteiger partial charge in [0.1, 0.15) is 0 Å². The molecule has 3 aromatic rings. The molecule has 6 heteroatoms. The first-order valence-corrected chi connectivity index (χ1v) is 7.52. The smallest absolute Gasteiger partial charge is 0.250 e. The van der Waals surface area contributed by atoms with Crippen molar-refractivity contribution in [2.45, 2.75) is 0 Å². The minimum Gasteiger partial charge on any atom is -0.366 e. The number of amides is 2. The summed E-state index contributed by atoms with van der Waals surface area (Å²) < 4.78 is 0. The summed E-state index contributed by atoms with van der Waals surface area (Å²) in [5.41, 5.74) is 8.63. The molecule has 0 unspecified atom stereocenters. The van der Waals surface area contributed by atoms with Gasteiger partial charge in [0.15, 0.2) is 0 Å². The molecule has 0 radical (unpaired) electrons. The van der Waals surface area contributed by atoms with Crippen molar-refractivity contribution in [3.05, 3.63) is 65.8 Å². The number of nitrogens with one attached hydrogen (secondary N) is 2. The molecule has 0 bridgehead atoms. The summed E-state index contributed by atoms with van der Waals surface area (Å²) in [6.45, 7) is 3.43. The largest absolute Gasteiger partial charge is 0.366 e. The van der Waals surface area contributed by atoms with Crippen molar-refractivity contribution in [1.82, 2.24) is 4.98 Å². The first-order valence-electron chi connectivity index (χ1n) is 7.14. The molecule has 24 heavy (non-hydrogen) atoms. The molecule has 0 aliphatic rings. The Hall–Kier alpha value is -3.05. The van der Waals surface area contributed by atoms with Crippen LogP contribution in [-0.2, 0) is 4.79 Å². The second-order valence-corrected chi connectivity index (χ2v) is 5.59. The van der Waals surface area contributed by atoms with Gasteiger partial charge in [0.2, 0.25) is 5.91 Å². The van der Waals surface area contributed by atoms with E-state index in [-0.39, 0.29) is 5.91 Å². The maximum Gasteiger partial charge on any atom is 0.250 e. The highest BCUT2D eigenvalue weighted by Gasteiger charge is 2.14. The molecule has 2 amide bonds. The number of H-pyrrole nitrogens is 1. The zero-order chi connectivity index (χ0) is 17.3. The van der Waals surface area contributed by atoms with E-state index >= 15 is 0 Å². The van der Waals surface area contributed by atoms with E-state index in [1.165, 1.54) is 6.08 Å². The number of aromatic amines is 1. The summed E-state index contributed by atoms with van der Waals surface area (Å²) >= 11 is 6.34. The van der Waals surface area contributed by atoms with Gasteiger partial charge in [-0.05, 0) is 42.0 Å². The number of hydrogen-bond donors (Lipinski definition) is 3. The molecule has 0 aliphatic heterocycles. The van der Waals surface area contributed by atoms with Crippen molar-refractivity contribution in [2.24, 2.45) is 5.73 Å². The molecule has 120 valence electrons. The van der Waals surface area contributed by atoms with Crippen molar-refractivity contribution in [1.29, 1.82) is 0 Å². The summed E-state index contributed by atoms with van der Waals surface area (Å²) in [6, 6.07) is 10.5. The Morgan fingerprint density at radius 1 is 1.17 bits per heavy atom. The first kappa shape index (κ1) is 15.8. The quantitative estimate of drug-likeness (QED) is 0.633. The van der Waals surface area contributed by atoms with Gasteiger partial charge < -0.3 is 16.0 Å². The number of carbonyl (C=O) groups is 2. The van der Waals surface area contributed by atoms with Crippen molar-refractivity contribution in [3.8, 4) is 11.1 Å². The van der Waals surface area contributed by atoms with Crippen molar-refractivity contribution in [2.75, 3.05) is 5.32 Å². The zero-order valence-corrected chi connectivity index (χ0v) is 13.4. The number of anilines is 1. The number of fused-ring (bicyclic) bond motifs is 1. The van der Waals surface area contributed by atoms with Crippen LogP contribution in [0.5, 0.6) is 0 Å². The maximum atomic E-state index is 11.6. The topological polar surface area (TPSA) is 88.0 Å². The lowest BCUT2D eigenvalue weighted by molar-refractivity contribution is -0.111. The van der Waals surface area contributed by atoms with Crippen LogP contribution in [0.1, 0.15) is 10.4 Å². The summed E-state index contributed by atoms with van der Waals surface area (Å²) in [6.07, 6.45) is 2.93. The molecule has 0 saturated carbocycles. The van der Waals surface area contributed by atoms with Crippen LogP contribution in [0.15, 0.2) is 55.3 Å². The predicted molar refractivity (Wildman–Crippen MR) is 96.1 cm³/mol. The first-order chi connectivity index (χ1) is 11.5.